The first kappa shape index (κ1) is 15.9. The van der Waals surface area contributed by atoms with Crippen molar-refractivity contribution in [2.24, 2.45) is 4.99 Å². The lowest BCUT2D eigenvalue weighted by Crippen LogP contribution is -2.38. The summed E-state index contributed by atoms with van der Waals surface area (Å²) < 4.78 is 0. The van der Waals surface area contributed by atoms with Crippen molar-refractivity contribution in [1.82, 2.24) is 10.6 Å². The Kier molecular flexibility index (Phi) is 7.18. The van der Waals surface area contributed by atoms with E-state index in [1.165, 1.54) is 9.77 Å². The quantitative estimate of drug-likeness (QED) is 0.354. The number of thioether (sulfide) groups is 1. The van der Waals surface area contributed by atoms with Gasteiger partial charge in [0.05, 0.1) is 6.54 Å². The van der Waals surface area contributed by atoms with E-state index in [9.17, 15) is 0 Å². The second kappa shape index (κ2) is 9.47. The minimum Gasteiger partial charge on any atom is -0.357 e. The van der Waals surface area contributed by atoms with Crippen LogP contribution >= 0.6 is 23.1 Å². The van der Waals surface area contributed by atoms with Gasteiger partial charge in [-0.1, -0.05) is 24.3 Å². The molecular weight excluding hydrogens is 298 g/mol. The van der Waals surface area contributed by atoms with Crippen LogP contribution in [-0.4, -0.2) is 24.8 Å². The lowest BCUT2D eigenvalue weighted by Gasteiger charge is -2.10. The van der Waals surface area contributed by atoms with Crippen LogP contribution in [0.3, 0.4) is 0 Å². The molecule has 0 saturated carbocycles. The lowest BCUT2D eigenvalue weighted by atomic mass is 10.4. The number of nitrogens with one attached hydrogen (secondary N) is 2. The number of nitrogens with zero attached hydrogens (tertiary/aromatic N) is 1. The first-order chi connectivity index (χ1) is 10.4. The second-order valence-electron chi connectivity index (χ2n) is 4.36. The van der Waals surface area contributed by atoms with E-state index < -0.39 is 0 Å². The fourth-order valence-electron chi connectivity index (χ4n) is 1.76. The van der Waals surface area contributed by atoms with Crippen molar-refractivity contribution in [3.8, 4) is 0 Å². The van der Waals surface area contributed by atoms with Crippen molar-refractivity contribution in [3.05, 3.63) is 52.7 Å². The van der Waals surface area contributed by atoms with Gasteiger partial charge in [0.15, 0.2) is 5.96 Å². The maximum atomic E-state index is 4.60. The summed E-state index contributed by atoms with van der Waals surface area (Å²) in [6.45, 7) is 4.60. The molecule has 112 valence electrons. The summed E-state index contributed by atoms with van der Waals surface area (Å²) in [5, 5.41) is 8.74. The zero-order valence-electron chi connectivity index (χ0n) is 12.2. The van der Waals surface area contributed by atoms with Crippen LogP contribution in [0.2, 0.25) is 0 Å². The third-order valence-electron chi connectivity index (χ3n) is 2.72. The van der Waals surface area contributed by atoms with Gasteiger partial charge in [-0.3, -0.25) is 0 Å². The molecule has 0 bridgehead atoms. The predicted octanol–water partition coefficient (Wildman–Crippen LogP) is 3.60. The van der Waals surface area contributed by atoms with Crippen LogP contribution in [0.4, 0.5) is 0 Å². The van der Waals surface area contributed by atoms with Gasteiger partial charge >= 0.3 is 0 Å². The molecule has 0 atom stereocenters. The summed E-state index contributed by atoms with van der Waals surface area (Å²) in [7, 11) is 0. The molecule has 0 aliphatic carbocycles. The Morgan fingerprint density at radius 3 is 2.71 bits per heavy atom. The molecule has 0 amide bonds. The minimum atomic E-state index is 0.735. The van der Waals surface area contributed by atoms with E-state index in [4.69, 9.17) is 0 Å². The van der Waals surface area contributed by atoms with Crippen LogP contribution in [0.25, 0.3) is 0 Å². The molecule has 2 aromatic rings. The van der Waals surface area contributed by atoms with E-state index in [-0.39, 0.29) is 0 Å². The molecule has 0 spiro atoms. The molecule has 5 heteroatoms. The number of aliphatic imine (C=N–C) groups is 1. The molecule has 21 heavy (non-hydrogen) atoms. The molecule has 1 aromatic carbocycles. The Bertz CT molecular complexity index is 524. The highest BCUT2D eigenvalue weighted by atomic mass is 32.2. The third kappa shape index (κ3) is 6.23. The van der Waals surface area contributed by atoms with Gasteiger partial charge < -0.3 is 10.6 Å². The van der Waals surface area contributed by atoms with Crippen molar-refractivity contribution in [2.45, 2.75) is 18.4 Å². The van der Waals surface area contributed by atoms with Gasteiger partial charge in [-0.25, -0.2) is 4.99 Å². The average molecular weight is 319 g/mol. The van der Waals surface area contributed by atoms with Crippen LogP contribution < -0.4 is 10.6 Å². The summed E-state index contributed by atoms with van der Waals surface area (Å²) in [5.74, 6) is 1.91. The number of guanidine groups is 1. The van der Waals surface area contributed by atoms with Gasteiger partial charge in [-0.15, -0.1) is 23.1 Å². The highest BCUT2D eigenvalue weighted by Gasteiger charge is 1.98. The smallest absolute Gasteiger partial charge is 0.191 e. The van der Waals surface area contributed by atoms with Crippen molar-refractivity contribution < 1.29 is 0 Å². The first-order valence-corrected chi connectivity index (χ1v) is 8.97. The summed E-state index contributed by atoms with van der Waals surface area (Å²) in [6.07, 6.45) is 0. The Morgan fingerprint density at radius 2 is 2.00 bits per heavy atom. The van der Waals surface area contributed by atoms with E-state index in [1.807, 2.05) is 17.8 Å². The van der Waals surface area contributed by atoms with Crippen molar-refractivity contribution >= 4 is 29.1 Å². The number of hydrogen-bond donors (Lipinski definition) is 2. The molecule has 1 aromatic heterocycles. The van der Waals surface area contributed by atoms with Crippen molar-refractivity contribution in [1.29, 1.82) is 0 Å². The predicted molar refractivity (Wildman–Crippen MR) is 94.3 cm³/mol. The molecule has 2 N–H and O–H groups in total. The normalized spacial score (nSPS) is 11.4. The summed E-state index contributed by atoms with van der Waals surface area (Å²) in [4.78, 5) is 7.18. The minimum absolute atomic E-state index is 0.735. The molecule has 2 rings (SSSR count). The second-order valence-corrected chi connectivity index (χ2v) is 6.56. The molecule has 0 fully saturated rings. The molecule has 0 aliphatic heterocycles. The van der Waals surface area contributed by atoms with Gasteiger partial charge in [0.25, 0.3) is 0 Å². The van der Waals surface area contributed by atoms with E-state index in [0.29, 0.717) is 0 Å². The first-order valence-electron chi connectivity index (χ1n) is 7.11. The zero-order valence-corrected chi connectivity index (χ0v) is 13.8. The molecule has 0 aliphatic rings. The molecule has 1 heterocycles. The van der Waals surface area contributed by atoms with Crippen LogP contribution in [0.5, 0.6) is 0 Å². The van der Waals surface area contributed by atoms with Gasteiger partial charge in [-0.05, 0) is 30.5 Å². The Labute approximate surface area is 134 Å². The largest absolute Gasteiger partial charge is 0.357 e. The maximum absolute atomic E-state index is 4.60. The Morgan fingerprint density at radius 1 is 1.14 bits per heavy atom. The maximum Gasteiger partial charge on any atom is 0.191 e. The highest BCUT2D eigenvalue weighted by molar-refractivity contribution is 7.99. The standard InChI is InChI=1S/C16H21N3S2/c1-2-17-16(19-13-15-9-6-11-20-15)18-10-12-21-14-7-4-3-5-8-14/h3-9,11H,2,10,12-13H2,1H3,(H2,17,18,19). The van der Waals surface area contributed by atoms with E-state index in [0.717, 1.165) is 31.3 Å². The van der Waals surface area contributed by atoms with Gasteiger partial charge in [0.2, 0.25) is 0 Å². The number of hydrogen-bond acceptors (Lipinski definition) is 3. The van der Waals surface area contributed by atoms with Gasteiger partial charge in [0.1, 0.15) is 0 Å². The lowest BCUT2D eigenvalue weighted by molar-refractivity contribution is 0.845. The van der Waals surface area contributed by atoms with Crippen LogP contribution in [0, 0.1) is 0 Å². The van der Waals surface area contributed by atoms with Gasteiger partial charge in [0, 0.05) is 28.6 Å². The number of thiophene rings is 1. The van der Waals surface area contributed by atoms with Crippen LogP contribution in [-0.2, 0) is 6.54 Å². The fourth-order valence-corrected chi connectivity index (χ4v) is 3.17. The number of benzene rings is 1. The van der Waals surface area contributed by atoms with Gasteiger partial charge in [-0.2, -0.15) is 0 Å². The molecule has 0 saturated heterocycles. The average Bonchev–Trinajstić information content (AvgIpc) is 3.03. The van der Waals surface area contributed by atoms with Crippen LogP contribution in [0.1, 0.15) is 11.8 Å². The molecule has 3 nitrogen and oxygen atoms in total. The van der Waals surface area contributed by atoms with E-state index in [2.05, 4.69) is 64.3 Å². The molecule has 0 unspecified atom stereocenters. The number of rotatable bonds is 7. The zero-order chi connectivity index (χ0) is 14.8. The molecular formula is C16H21N3S2. The SMILES string of the molecule is CCNC(=NCc1cccs1)NCCSc1ccccc1. The Balaban J connectivity index is 1.73. The summed E-state index contributed by atoms with van der Waals surface area (Å²) in [5.41, 5.74) is 0. The topological polar surface area (TPSA) is 36.4 Å². The fraction of sp³-hybridized carbons (Fsp3) is 0.312. The third-order valence-corrected chi connectivity index (χ3v) is 4.60. The summed E-state index contributed by atoms with van der Waals surface area (Å²) in [6, 6.07) is 14.6. The van der Waals surface area contributed by atoms with Crippen molar-refractivity contribution in [2.75, 3.05) is 18.8 Å². The van der Waals surface area contributed by atoms with E-state index >= 15 is 0 Å². The monoisotopic (exact) mass is 319 g/mol. The van der Waals surface area contributed by atoms with Crippen molar-refractivity contribution in [3.63, 3.8) is 0 Å². The van der Waals surface area contributed by atoms with Crippen LogP contribution in [0.15, 0.2) is 57.7 Å². The van der Waals surface area contributed by atoms with E-state index in [1.54, 1.807) is 11.3 Å². The summed E-state index contributed by atoms with van der Waals surface area (Å²) >= 11 is 3.59. The highest BCUT2D eigenvalue weighted by Crippen LogP contribution is 2.15. The molecule has 0 radical (unpaired) electrons. The Hall–Kier alpha value is -1.46.